The summed E-state index contributed by atoms with van der Waals surface area (Å²) in [6.07, 6.45) is 1.18. The highest BCUT2D eigenvalue weighted by atomic mass is 16.1. The van der Waals surface area contributed by atoms with Crippen LogP contribution in [0, 0.1) is 5.41 Å². The van der Waals surface area contributed by atoms with E-state index >= 15 is 0 Å². The standard InChI is InChI=1S/C6H9NO2/c1-5(8)2-3-6(9)4-7/h4,7H,2-3H2,1H3. The van der Waals surface area contributed by atoms with Gasteiger partial charge in [-0.2, -0.15) is 0 Å². The van der Waals surface area contributed by atoms with Crippen molar-refractivity contribution in [3.63, 3.8) is 0 Å². The largest absolute Gasteiger partial charge is 0.305 e. The molecule has 1 N–H and O–H groups in total. The van der Waals surface area contributed by atoms with Crippen LogP contribution in [-0.2, 0) is 9.59 Å². The number of Topliss-reactive ketones (excluding diaryl/α,β-unsaturated/α-hetero) is 2. The molecule has 0 aromatic rings. The maximum Gasteiger partial charge on any atom is 0.173 e. The molecule has 0 spiro atoms. The van der Waals surface area contributed by atoms with Gasteiger partial charge in [0.2, 0.25) is 0 Å². The van der Waals surface area contributed by atoms with Gasteiger partial charge in [0.25, 0.3) is 0 Å². The summed E-state index contributed by atoms with van der Waals surface area (Å²) in [5.74, 6) is -0.296. The molecule has 0 fully saturated rings. The Bertz CT molecular complexity index is 140. The maximum absolute atomic E-state index is 10.3. The van der Waals surface area contributed by atoms with Crippen molar-refractivity contribution in [3.05, 3.63) is 0 Å². The summed E-state index contributed by atoms with van der Waals surface area (Å²) >= 11 is 0. The molecule has 0 radical (unpaired) electrons. The monoisotopic (exact) mass is 127 g/mol. The number of carbonyl (C=O) groups excluding carboxylic acids is 2. The third-order valence-electron chi connectivity index (χ3n) is 0.884. The average Bonchev–Trinajstić information content (AvgIpc) is 1.83. The lowest BCUT2D eigenvalue weighted by atomic mass is 10.2. The molecule has 0 bridgehead atoms. The van der Waals surface area contributed by atoms with E-state index in [0.717, 1.165) is 6.21 Å². The van der Waals surface area contributed by atoms with Crippen molar-refractivity contribution in [3.8, 4) is 0 Å². The Kier molecular flexibility index (Phi) is 3.51. The molecular weight excluding hydrogens is 118 g/mol. The van der Waals surface area contributed by atoms with E-state index < -0.39 is 0 Å². The molecule has 3 nitrogen and oxygen atoms in total. The molecule has 0 saturated heterocycles. The second kappa shape index (κ2) is 3.95. The molecule has 0 aromatic carbocycles. The summed E-state index contributed by atoms with van der Waals surface area (Å²) in [5, 5.41) is 6.47. The second-order valence-corrected chi connectivity index (χ2v) is 1.81. The molecule has 0 aliphatic heterocycles. The van der Waals surface area contributed by atoms with Gasteiger partial charge in [-0.15, -0.1) is 0 Å². The summed E-state index contributed by atoms with van der Waals surface area (Å²) in [7, 11) is 0. The first kappa shape index (κ1) is 8.01. The zero-order valence-corrected chi connectivity index (χ0v) is 5.31. The van der Waals surface area contributed by atoms with Crippen LogP contribution in [-0.4, -0.2) is 17.8 Å². The van der Waals surface area contributed by atoms with Crippen molar-refractivity contribution in [2.24, 2.45) is 0 Å². The maximum atomic E-state index is 10.3. The van der Waals surface area contributed by atoms with Gasteiger partial charge in [-0.1, -0.05) is 0 Å². The molecule has 50 valence electrons. The topological polar surface area (TPSA) is 58.0 Å². The molecule has 0 aliphatic carbocycles. The van der Waals surface area contributed by atoms with Crippen LogP contribution in [0.4, 0.5) is 0 Å². The average molecular weight is 127 g/mol. The highest BCUT2D eigenvalue weighted by Crippen LogP contribution is 1.88. The van der Waals surface area contributed by atoms with Crippen LogP contribution < -0.4 is 0 Å². The third-order valence-corrected chi connectivity index (χ3v) is 0.884. The van der Waals surface area contributed by atoms with Gasteiger partial charge in [0.05, 0.1) is 6.21 Å². The Labute approximate surface area is 53.6 Å². The molecule has 0 atom stereocenters. The fraction of sp³-hybridized carbons (Fsp3) is 0.500. The first-order valence-electron chi connectivity index (χ1n) is 2.69. The normalized spacial score (nSPS) is 8.56. The summed E-state index contributed by atoms with van der Waals surface area (Å²) in [4.78, 5) is 20.6. The van der Waals surface area contributed by atoms with Crippen LogP contribution in [0.3, 0.4) is 0 Å². The van der Waals surface area contributed by atoms with Crippen molar-refractivity contribution >= 4 is 17.8 Å². The Morgan fingerprint density at radius 2 is 2.00 bits per heavy atom. The van der Waals surface area contributed by atoms with E-state index in [1.54, 1.807) is 0 Å². The van der Waals surface area contributed by atoms with Crippen LogP contribution in [0.1, 0.15) is 19.8 Å². The van der Waals surface area contributed by atoms with Gasteiger partial charge in [0.15, 0.2) is 5.78 Å². The first-order valence-corrected chi connectivity index (χ1v) is 2.69. The Hall–Kier alpha value is -0.990. The zero-order valence-electron chi connectivity index (χ0n) is 5.31. The van der Waals surface area contributed by atoms with Crippen molar-refractivity contribution in [1.82, 2.24) is 0 Å². The molecule has 9 heavy (non-hydrogen) atoms. The lowest BCUT2D eigenvalue weighted by molar-refractivity contribution is -0.120. The van der Waals surface area contributed by atoms with Crippen LogP contribution >= 0.6 is 0 Å². The van der Waals surface area contributed by atoms with E-state index in [1.807, 2.05) is 0 Å². The minimum Gasteiger partial charge on any atom is -0.305 e. The minimum atomic E-state index is -0.287. The second-order valence-electron chi connectivity index (χ2n) is 1.81. The number of rotatable bonds is 4. The Balaban J connectivity index is 3.39. The third kappa shape index (κ3) is 4.87. The summed E-state index contributed by atoms with van der Waals surface area (Å²) in [6.45, 7) is 1.43. The SMILES string of the molecule is CC(=O)CCC(=O)C=N. The lowest BCUT2D eigenvalue weighted by Crippen LogP contribution is -2.00. The predicted octanol–water partition coefficient (Wildman–Crippen LogP) is 0.574. The highest BCUT2D eigenvalue weighted by Gasteiger charge is 1.98. The van der Waals surface area contributed by atoms with Gasteiger partial charge >= 0.3 is 0 Å². The predicted molar refractivity (Wildman–Crippen MR) is 33.7 cm³/mol. The number of carbonyl (C=O) groups is 2. The molecule has 0 aromatic heterocycles. The molecule has 0 heterocycles. The molecular formula is C6H9NO2. The fourth-order valence-corrected chi connectivity index (χ4v) is 0.371. The number of ketones is 2. The molecule has 0 amide bonds. The summed E-state index contributed by atoms with van der Waals surface area (Å²) < 4.78 is 0. The number of hydrogen-bond acceptors (Lipinski definition) is 3. The van der Waals surface area contributed by atoms with Crippen LogP contribution in [0.15, 0.2) is 0 Å². The van der Waals surface area contributed by atoms with E-state index in [9.17, 15) is 9.59 Å². The Morgan fingerprint density at radius 1 is 1.44 bits per heavy atom. The van der Waals surface area contributed by atoms with Gasteiger partial charge in [-0.3, -0.25) is 4.79 Å². The van der Waals surface area contributed by atoms with E-state index in [2.05, 4.69) is 0 Å². The van der Waals surface area contributed by atoms with E-state index in [0.29, 0.717) is 0 Å². The van der Waals surface area contributed by atoms with Crippen molar-refractivity contribution in [1.29, 1.82) is 5.41 Å². The lowest BCUT2D eigenvalue weighted by Gasteiger charge is -1.87. The smallest absolute Gasteiger partial charge is 0.173 e. The highest BCUT2D eigenvalue weighted by molar-refractivity contribution is 6.26. The van der Waals surface area contributed by atoms with E-state index in [1.165, 1.54) is 6.92 Å². The van der Waals surface area contributed by atoms with Crippen LogP contribution in [0.25, 0.3) is 0 Å². The molecule has 3 heteroatoms. The van der Waals surface area contributed by atoms with Gasteiger partial charge in [0.1, 0.15) is 5.78 Å². The van der Waals surface area contributed by atoms with Crippen molar-refractivity contribution in [2.45, 2.75) is 19.8 Å². The quantitative estimate of drug-likeness (QED) is 0.561. The molecule has 0 rings (SSSR count). The summed E-state index contributed by atoms with van der Waals surface area (Å²) in [5.41, 5.74) is 0. The summed E-state index contributed by atoms with van der Waals surface area (Å²) in [6, 6.07) is 0. The van der Waals surface area contributed by atoms with Gasteiger partial charge < -0.3 is 10.2 Å². The van der Waals surface area contributed by atoms with Crippen molar-refractivity contribution < 1.29 is 9.59 Å². The van der Waals surface area contributed by atoms with E-state index in [4.69, 9.17) is 5.41 Å². The van der Waals surface area contributed by atoms with Gasteiger partial charge in [0, 0.05) is 12.8 Å². The van der Waals surface area contributed by atoms with Crippen LogP contribution in [0.5, 0.6) is 0 Å². The number of nitrogens with one attached hydrogen (secondary N) is 1. The molecule has 0 aliphatic rings. The van der Waals surface area contributed by atoms with E-state index in [-0.39, 0.29) is 24.4 Å². The zero-order chi connectivity index (χ0) is 7.28. The Morgan fingerprint density at radius 3 is 2.33 bits per heavy atom. The minimum absolute atomic E-state index is 0.00907. The first-order chi connectivity index (χ1) is 4.16. The molecule has 0 unspecified atom stereocenters. The number of hydrogen-bond donors (Lipinski definition) is 1. The fourth-order valence-electron chi connectivity index (χ4n) is 0.371. The molecule has 0 saturated carbocycles. The van der Waals surface area contributed by atoms with Crippen molar-refractivity contribution in [2.75, 3.05) is 0 Å². The van der Waals surface area contributed by atoms with Gasteiger partial charge in [-0.25, -0.2) is 0 Å². The van der Waals surface area contributed by atoms with Gasteiger partial charge in [-0.05, 0) is 6.92 Å². The van der Waals surface area contributed by atoms with Crippen LogP contribution in [0.2, 0.25) is 0 Å².